The Morgan fingerprint density at radius 3 is 2.29 bits per heavy atom. The zero-order valence-corrected chi connectivity index (χ0v) is 13.7. The highest BCUT2D eigenvalue weighted by atomic mass is 16.5. The van der Waals surface area contributed by atoms with Gasteiger partial charge in [-0.25, -0.2) is 0 Å². The second-order valence-corrected chi connectivity index (χ2v) is 6.35. The van der Waals surface area contributed by atoms with Crippen LogP contribution < -0.4 is 4.74 Å². The van der Waals surface area contributed by atoms with Crippen molar-refractivity contribution < 1.29 is 14.9 Å². The van der Waals surface area contributed by atoms with Crippen molar-refractivity contribution in [3.8, 4) is 5.75 Å². The number of rotatable bonds is 7. The quantitative estimate of drug-likeness (QED) is 0.603. The SMILES string of the molecule is O[C@@H]1C=C[C@@](O)(CCCCOc2ccccc2)[C@H]1c1ccccc1. The third kappa shape index (κ3) is 3.86. The number of hydrogen-bond donors (Lipinski definition) is 2. The van der Waals surface area contributed by atoms with Crippen LogP contribution in [-0.4, -0.2) is 28.5 Å². The zero-order valence-electron chi connectivity index (χ0n) is 13.7. The molecule has 0 fully saturated rings. The minimum atomic E-state index is -0.993. The Hall–Kier alpha value is -2.10. The average molecular weight is 324 g/mol. The first kappa shape index (κ1) is 16.7. The van der Waals surface area contributed by atoms with E-state index in [0.717, 1.165) is 24.2 Å². The van der Waals surface area contributed by atoms with Crippen molar-refractivity contribution >= 4 is 0 Å². The predicted molar refractivity (Wildman–Crippen MR) is 95.1 cm³/mol. The molecule has 0 saturated carbocycles. The van der Waals surface area contributed by atoms with Crippen LogP contribution in [0, 0.1) is 0 Å². The number of hydrogen-bond acceptors (Lipinski definition) is 3. The molecule has 0 unspecified atom stereocenters. The van der Waals surface area contributed by atoms with E-state index in [1.54, 1.807) is 12.2 Å². The van der Waals surface area contributed by atoms with Crippen LogP contribution in [0.2, 0.25) is 0 Å². The van der Waals surface area contributed by atoms with Gasteiger partial charge in [0.25, 0.3) is 0 Å². The maximum Gasteiger partial charge on any atom is 0.119 e. The summed E-state index contributed by atoms with van der Waals surface area (Å²) in [7, 11) is 0. The first-order valence-corrected chi connectivity index (χ1v) is 8.52. The molecule has 0 aliphatic heterocycles. The summed E-state index contributed by atoms with van der Waals surface area (Å²) in [4.78, 5) is 0. The summed E-state index contributed by atoms with van der Waals surface area (Å²) in [6.45, 7) is 0.627. The normalized spacial score (nSPS) is 25.8. The van der Waals surface area contributed by atoms with Crippen molar-refractivity contribution in [3.05, 3.63) is 78.4 Å². The van der Waals surface area contributed by atoms with Gasteiger partial charge in [-0.15, -0.1) is 0 Å². The molecule has 3 nitrogen and oxygen atoms in total. The number of para-hydroxylation sites is 1. The molecule has 0 saturated heterocycles. The van der Waals surface area contributed by atoms with Gasteiger partial charge in [-0.1, -0.05) is 60.7 Å². The lowest BCUT2D eigenvalue weighted by Crippen LogP contribution is -2.35. The molecule has 0 bridgehead atoms. The molecule has 126 valence electrons. The molecular formula is C21H24O3. The molecule has 2 aromatic rings. The van der Waals surface area contributed by atoms with E-state index in [1.165, 1.54) is 0 Å². The van der Waals surface area contributed by atoms with Crippen LogP contribution >= 0.6 is 0 Å². The Morgan fingerprint density at radius 2 is 1.58 bits per heavy atom. The van der Waals surface area contributed by atoms with E-state index >= 15 is 0 Å². The fraction of sp³-hybridized carbons (Fsp3) is 0.333. The van der Waals surface area contributed by atoms with Gasteiger partial charge in [-0.2, -0.15) is 0 Å². The Bertz CT molecular complexity index is 653. The van der Waals surface area contributed by atoms with Crippen molar-refractivity contribution in [2.24, 2.45) is 0 Å². The summed E-state index contributed by atoms with van der Waals surface area (Å²) in [5.41, 5.74) is -0.0221. The molecular weight excluding hydrogens is 300 g/mol. The van der Waals surface area contributed by atoms with Crippen LogP contribution in [0.25, 0.3) is 0 Å². The van der Waals surface area contributed by atoms with E-state index in [1.807, 2.05) is 60.7 Å². The van der Waals surface area contributed by atoms with Crippen LogP contribution in [0.15, 0.2) is 72.8 Å². The number of ether oxygens (including phenoxy) is 1. The number of unbranched alkanes of at least 4 members (excludes halogenated alkanes) is 1. The van der Waals surface area contributed by atoms with Gasteiger partial charge in [0.2, 0.25) is 0 Å². The molecule has 0 spiro atoms. The molecule has 1 aliphatic rings. The summed E-state index contributed by atoms with van der Waals surface area (Å²) in [6, 6.07) is 19.5. The van der Waals surface area contributed by atoms with E-state index in [4.69, 9.17) is 4.74 Å². The number of aliphatic hydroxyl groups excluding tert-OH is 1. The largest absolute Gasteiger partial charge is 0.494 e. The summed E-state index contributed by atoms with van der Waals surface area (Å²) in [5, 5.41) is 21.3. The Labute approximate surface area is 143 Å². The number of aliphatic hydroxyl groups is 2. The van der Waals surface area contributed by atoms with Crippen LogP contribution in [0.1, 0.15) is 30.7 Å². The highest BCUT2D eigenvalue weighted by Gasteiger charge is 2.42. The average Bonchev–Trinajstić information content (AvgIpc) is 2.91. The van der Waals surface area contributed by atoms with Gasteiger partial charge in [0.05, 0.1) is 18.3 Å². The molecule has 2 aromatic carbocycles. The van der Waals surface area contributed by atoms with E-state index in [0.29, 0.717) is 13.0 Å². The maximum absolute atomic E-state index is 11.0. The van der Waals surface area contributed by atoms with Gasteiger partial charge >= 0.3 is 0 Å². The van der Waals surface area contributed by atoms with Crippen LogP contribution in [0.5, 0.6) is 5.75 Å². The highest BCUT2D eigenvalue weighted by molar-refractivity contribution is 5.33. The van der Waals surface area contributed by atoms with Crippen LogP contribution in [-0.2, 0) is 0 Å². The smallest absolute Gasteiger partial charge is 0.119 e. The van der Waals surface area contributed by atoms with Crippen LogP contribution in [0.4, 0.5) is 0 Å². The van der Waals surface area contributed by atoms with Crippen molar-refractivity contribution in [2.75, 3.05) is 6.61 Å². The van der Waals surface area contributed by atoms with E-state index < -0.39 is 11.7 Å². The molecule has 1 aliphatic carbocycles. The first-order chi connectivity index (χ1) is 11.7. The van der Waals surface area contributed by atoms with E-state index in [9.17, 15) is 10.2 Å². The Balaban J connectivity index is 1.52. The topological polar surface area (TPSA) is 49.7 Å². The predicted octanol–water partition coefficient (Wildman–Crippen LogP) is 3.68. The molecule has 0 radical (unpaired) electrons. The standard InChI is InChI=1S/C21H24O3/c22-19-13-15-21(23,20(19)17-9-3-1-4-10-17)14-7-8-16-24-18-11-5-2-6-12-18/h1-6,9-13,15,19-20,22-23H,7-8,14,16H2/t19-,20+,21+/m1/s1. The third-order valence-electron chi connectivity index (χ3n) is 4.60. The van der Waals surface area contributed by atoms with Crippen LogP contribution in [0.3, 0.4) is 0 Å². The lowest BCUT2D eigenvalue weighted by Gasteiger charge is -2.31. The van der Waals surface area contributed by atoms with Gasteiger partial charge in [0, 0.05) is 5.92 Å². The van der Waals surface area contributed by atoms with Gasteiger partial charge in [-0.05, 0) is 37.0 Å². The molecule has 24 heavy (non-hydrogen) atoms. The highest BCUT2D eigenvalue weighted by Crippen LogP contribution is 2.41. The van der Waals surface area contributed by atoms with Crippen molar-refractivity contribution in [1.29, 1.82) is 0 Å². The van der Waals surface area contributed by atoms with E-state index in [2.05, 4.69) is 0 Å². The van der Waals surface area contributed by atoms with Crippen molar-refractivity contribution in [1.82, 2.24) is 0 Å². The molecule has 3 heteroatoms. The molecule has 3 rings (SSSR count). The molecule has 0 heterocycles. The Kier molecular flexibility index (Phi) is 5.34. The fourth-order valence-electron chi connectivity index (χ4n) is 3.38. The van der Waals surface area contributed by atoms with Gasteiger partial charge in [-0.3, -0.25) is 0 Å². The second kappa shape index (κ2) is 7.65. The summed E-state index contributed by atoms with van der Waals surface area (Å²) in [5.74, 6) is 0.572. The monoisotopic (exact) mass is 324 g/mol. The molecule has 2 N–H and O–H groups in total. The molecule has 3 atom stereocenters. The Morgan fingerprint density at radius 1 is 0.917 bits per heavy atom. The molecule has 0 aromatic heterocycles. The second-order valence-electron chi connectivity index (χ2n) is 6.35. The van der Waals surface area contributed by atoms with Gasteiger partial charge in [0.1, 0.15) is 5.75 Å². The fourth-order valence-corrected chi connectivity index (χ4v) is 3.38. The van der Waals surface area contributed by atoms with Gasteiger partial charge < -0.3 is 14.9 Å². The van der Waals surface area contributed by atoms with E-state index in [-0.39, 0.29) is 5.92 Å². The summed E-state index contributed by atoms with van der Waals surface area (Å²) < 4.78 is 5.69. The van der Waals surface area contributed by atoms with Crippen molar-refractivity contribution in [2.45, 2.75) is 36.9 Å². The van der Waals surface area contributed by atoms with Crippen molar-refractivity contribution in [3.63, 3.8) is 0 Å². The minimum Gasteiger partial charge on any atom is -0.494 e. The zero-order chi connectivity index (χ0) is 16.8. The first-order valence-electron chi connectivity index (χ1n) is 8.52. The van der Waals surface area contributed by atoms with Gasteiger partial charge in [0.15, 0.2) is 0 Å². The minimum absolute atomic E-state index is 0.297. The summed E-state index contributed by atoms with van der Waals surface area (Å²) >= 11 is 0. The summed E-state index contributed by atoms with van der Waals surface area (Å²) in [6.07, 6.45) is 5.13. The third-order valence-corrected chi connectivity index (χ3v) is 4.60. The number of benzene rings is 2. The molecule has 0 amide bonds. The lowest BCUT2D eigenvalue weighted by molar-refractivity contribution is 0.0227. The lowest BCUT2D eigenvalue weighted by atomic mass is 9.80. The maximum atomic E-state index is 11.0.